The van der Waals surface area contributed by atoms with E-state index in [1.54, 1.807) is 0 Å². The van der Waals surface area contributed by atoms with Crippen molar-refractivity contribution in [2.75, 3.05) is 0 Å². The van der Waals surface area contributed by atoms with E-state index in [-0.39, 0.29) is 26.0 Å². The molecule has 1 radical (unpaired) electrons. The van der Waals surface area contributed by atoms with Gasteiger partial charge in [0.1, 0.15) is 11.3 Å². The van der Waals surface area contributed by atoms with Crippen molar-refractivity contribution in [3.05, 3.63) is 150 Å². The van der Waals surface area contributed by atoms with Crippen LogP contribution in [-0.2, 0) is 26.5 Å². The quantitative estimate of drug-likeness (QED) is 0.117. The summed E-state index contributed by atoms with van der Waals surface area (Å²) >= 11 is 0. The van der Waals surface area contributed by atoms with Gasteiger partial charge in [0.25, 0.3) is 0 Å². The van der Waals surface area contributed by atoms with Crippen LogP contribution in [0.15, 0.2) is 120 Å². The molecule has 3 aromatic carbocycles. The normalized spacial score (nSPS) is 11.5. The van der Waals surface area contributed by atoms with E-state index in [1.807, 2.05) is 56.6 Å². The Hall–Kier alpha value is -5.60. The van der Waals surface area contributed by atoms with Crippen molar-refractivity contribution in [3.63, 3.8) is 0 Å². The van der Waals surface area contributed by atoms with Crippen molar-refractivity contribution in [3.8, 4) is 39.5 Å². The molecule has 0 bridgehead atoms. The predicted octanol–water partition coefficient (Wildman–Crippen LogP) is 11.6. The van der Waals surface area contributed by atoms with Crippen LogP contribution in [-0.4, -0.2) is 37.6 Å². The third-order valence-corrected chi connectivity index (χ3v) is 12.5. The molecule has 0 aliphatic carbocycles. The maximum atomic E-state index is 6.07. The molecule has 0 N–H and O–H groups in total. The summed E-state index contributed by atoms with van der Waals surface area (Å²) in [6, 6.07) is 36.6. The number of aromatic nitrogens is 6. The Morgan fingerprint density at radius 3 is 2.22 bits per heavy atom. The first-order valence-corrected chi connectivity index (χ1v) is 23.1. The fourth-order valence-electron chi connectivity index (χ4n) is 7.54. The van der Waals surface area contributed by atoms with E-state index in [0.29, 0.717) is 5.71 Å². The van der Waals surface area contributed by atoms with Gasteiger partial charge in [0.2, 0.25) is 0 Å². The minimum absolute atomic E-state index is 0. The molecule has 0 saturated carbocycles. The zero-order chi connectivity index (χ0) is 39.8. The Bertz CT molecular complexity index is 2860. The van der Waals surface area contributed by atoms with Crippen LogP contribution >= 0.6 is 0 Å². The minimum Gasteiger partial charge on any atom is -0.481 e. The van der Waals surface area contributed by atoms with Gasteiger partial charge in [-0.15, -0.1) is 42.0 Å². The number of hydrogen-bond donors (Lipinski definition) is 0. The number of furan rings is 1. The molecule has 0 unspecified atom stereocenters. The van der Waals surface area contributed by atoms with Crippen LogP contribution in [0.5, 0.6) is 0 Å². The maximum Gasteiger partial charge on any atom is 0.144 e. The predicted molar refractivity (Wildman–Crippen MR) is 236 cm³/mol. The zero-order valence-electron chi connectivity index (χ0n) is 34.2. The van der Waals surface area contributed by atoms with Crippen LogP contribution in [0.4, 0.5) is 0 Å². The van der Waals surface area contributed by atoms with E-state index >= 15 is 0 Å². The summed E-state index contributed by atoms with van der Waals surface area (Å²) in [5.74, 6) is 1.03. The number of benzene rings is 3. The summed E-state index contributed by atoms with van der Waals surface area (Å²) in [6.07, 6.45) is 10.1. The fourth-order valence-corrected chi connectivity index (χ4v) is 9.21. The standard InChI is InChI=1S/C33H26N5O.C16H20NSi.Ir/c1-19(2)28-17-34-18-29-30(28)38(25-12-10-23(11-13-25)22-8-6-5-7-9-22)32(37-29)24-15-27-26-14-20(3)36-21(4)31(26)39-33(27)35-16-24;1-5-13-11-15(14-9-7-6-8-10-14)17-12-16(13)18(2,3)4;/h5-15,17-19H,1-4H3;6-9,11-12H,5H2,1-4H3;/q2*-1;. The first-order valence-electron chi connectivity index (χ1n) is 19.6. The largest absolute Gasteiger partial charge is 0.481 e. The van der Waals surface area contributed by atoms with Crippen molar-refractivity contribution in [2.45, 2.75) is 66.6 Å². The van der Waals surface area contributed by atoms with E-state index < -0.39 is 8.07 Å². The van der Waals surface area contributed by atoms with Crippen molar-refractivity contribution in [1.82, 2.24) is 29.5 Å². The van der Waals surface area contributed by atoms with Gasteiger partial charge in [0, 0.05) is 49.3 Å². The molecule has 9 rings (SSSR count). The van der Waals surface area contributed by atoms with Gasteiger partial charge in [-0.1, -0.05) is 100 Å². The number of hydrogen-bond acceptors (Lipinski definition) is 6. The van der Waals surface area contributed by atoms with Crippen molar-refractivity contribution >= 4 is 46.4 Å². The number of nitrogens with zero attached hydrogens (tertiary/aromatic N) is 6. The summed E-state index contributed by atoms with van der Waals surface area (Å²) in [6.45, 7) is 17.7. The third kappa shape index (κ3) is 7.95. The maximum absolute atomic E-state index is 6.07. The number of imidazole rings is 1. The molecule has 9 heteroatoms. The summed E-state index contributed by atoms with van der Waals surface area (Å²) in [5, 5.41) is 3.40. The molecule has 0 saturated heterocycles. The molecule has 0 atom stereocenters. The molecule has 293 valence electrons. The Kier molecular flexibility index (Phi) is 11.7. The SMILES string of the molecule is CCc1cc(-c2[c-]cccc2)ncc1[Si](C)(C)C.Cc1cc2c(oc3n[c-]c(-c4nc5cncc(C(C)C)c5n4-c4ccc(-c5ccccc5)cc4)cc32)c(C)n1.[Ir]. The third-order valence-electron chi connectivity index (χ3n) is 10.4. The molecular formula is C49H46IrN6OSi-2. The average molecular weight is 955 g/mol. The van der Waals surface area contributed by atoms with Crippen molar-refractivity contribution < 1.29 is 24.5 Å². The average Bonchev–Trinajstić information content (AvgIpc) is 3.80. The minimum atomic E-state index is -1.30. The molecule has 6 aromatic heterocycles. The Labute approximate surface area is 355 Å². The Morgan fingerprint density at radius 1 is 0.793 bits per heavy atom. The molecule has 6 heterocycles. The van der Waals surface area contributed by atoms with Gasteiger partial charge in [0.05, 0.1) is 36.8 Å². The van der Waals surface area contributed by atoms with Gasteiger partial charge < -0.3 is 19.0 Å². The molecular weight excluding hydrogens is 909 g/mol. The van der Waals surface area contributed by atoms with Gasteiger partial charge in [-0.2, -0.15) is 0 Å². The monoisotopic (exact) mass is 955 g/mol. The first kappa shape index (κ1) is 40.6. The first-order chi connectivity index (χ1) is 27.5. The molecule has 0 spiro atoms. The van der Waals surface area contributed by atoms with E-state index in [2.05, 4.69) is 150 Å². The summed E-state index contributed by atoms with van der Waals surface area (Å²) in [4.78, 5) is 23.4. The van der Waals surface area contributed by atoms with E-state index in [0.717, 1.165) is 84.7 Å². The van der Waals surface area contributed by atoms with E-state index in [9.17, 15) is 0 Å². The second-order valence-corrected chi connectivity index (χ2v) is 20.9. The topological polar surface area (TPSA) is 82.5 Å². The van der Waals surface area contributed by atoms with Gasteiger partial charge in [-0.25, -0.2) is 0 Å². The summed E-state index contributed by atoms with van der Waals surface area (Å²) in [5.41, 5.74) is 13.8. The second-order valence-electron chi connectivity index (χ2n) is 15.9. The van der Waals surface area contributed by atoms with Gasteiger partial charge in [-0.3, -0.25) is 15.0 Å². The van der Waals surface area contributed by atoms with Gasteiger partial charge in [0.15, 0.2) is 0 Å². The molecule has 0 aliphatic heterocycles. The van der Waals surface area contributed by atoms with Gasteiger partial charge in [-0.05, 0) is 83.5 Å². The number of pyridine rings is 4. The Morgan fingerprint density at radius 2 is 1.53 bits per heavy atom. The molecule has 0 fully saturated rings. The van der Waals surface area contributed by atoms with Crippen LogP contribution in [0, 0.1) is 26.1 Å². The number of aryl methyl sites for hydroxylation is 3. The molecule has 58 heavy (non-hydrogen) atoms. The van der Waals surface area contributed by atoms with Gasteiger partial charge >= 0.3 is 0 Å². The van der Waals surface area contributed by atoms with Crippen LogP contribution in [0.2, 0.25) is 19.6 Å². The van der Waals surface area contributed by atoms with Crippen molar-refractivity contribution in [1.29, 1.82) is 0 Å². The second kappa shape index (κ2) is 16.7. The van der Waals surface area contributed by atoms with E-state index in [1.165, 1.54) is 16.3 Å². The van der Waals surface area contributed by atoms with Crippen LogP contribution in [0.3, 0.4) is 0 Å². The number of fused-ring (bicyclic) bond motifs is 4. The van der Waals surface area contributed by atoms with Crippen LogP contribution in [0.1, 0.15) is 49.2 Å². The summed E-state index contributed by atoms with van der Waals surface area (Å²) in [7, 11) is -1.30. The summed E-state index contributed by atoms with van der Waals surface area (Å²) < 4.78 is 8.28. The molecule has 0 amide bonds. The number of rotatable bonds is 7. The zero-order valence-corrected chi connectivity index (χ0v) is 37.6. The molecule has 7 nitrogen and oxygen atoms in total. The van der Waals surface area contributed by atoms with Crippen LogP contribution < -0.4 is 5.19 Å². The molecule has 9 aromatic rings. The van der Waals surface area contributed by atoms with Crippen LogP contribution in [0.25, 0.3) is 72.6 Å². The Balaban J connectivity index is 0.000000227. The smallest absolute Gasteiger partial charge is 0.144 e. The fraction of sp³-hybridized carbons (Fsp3) is 0.204. The van der Waals surface area contributed by atoms with Crippen molar-refractivity contribution in [2.24, 2.45) is 0 Å². The van der Waals surface area contributed by atoms with E-state index in [4.69, 9.17) is 9.40 Å². The molecule has 0 aliphatic rings.